The Morgan fingerprint density at radius 3 is 2.62 bits per heavy atom. The maximum atomic E-state index is 12.3. The SMILES string of the molecule is CCCc1cc(OC(=O)c2ccccc2)n(-c2cccc(Cl)c2)n1. The van der Waals surface area contributed by atoms with Crippen LogP contribution in [0.2, 0.25) is 5.02 Å². The zero-order valence-corrected chi connectivity index (χ0v) is 14.0. The van der Waals surface area contributed by atoms with Crippen molar-refractivity contribution in [2.24, 2.45) is 0 Å². The van der Waals surface area contributed by atoms with Gasteiger partial charge in [-0.05, 0) is 36.8 Å². The molecule has 0 radical (unpaired) electrons. The van der Waals surface area contributed by atoms with Crippen molar-refractivity contribution < 1.29 is 9.53 Å². The summed E-state index contributed by atoms with van der Waals surface area (Å²) < 4.78 is 7.18. The fourth-order valence-electron chi connectivity index (χ4n) is 2.38. The summed E-state index contributed by atoms with van der Waals surface area (Å²) in [6.07, 6.45) is 1.77. The molecule has 0 unspecified atom stereocenters. The molecule has 24 heavy (non-hydrogen) atoms. The van der Waals surface area contributed by atoms with Gasteiger partial charge in [-0.3, -0.25) is 0 Å². The molecule has 0 aliphatic heterocycles. The number of aryl methyl sites for hydroxylation is 1. The molecule has 0 bridgehead atoms. The number of benzene rings is 2. The number of halogens is 1. The van der Waals surface area contributed by atoms with Crippen LogP contribution in [0.25, 0.3) is 5.69 Å². The Bertz CT molecular complexity index is 844. The molecule has 4 nitrogen and oxygen atoms in total. The lowest BCUT2D eigenvalue weighted by Gasteiger charge is -2.08. The van der Waals surface area contributed by atoms with E-state index in [2.05, 4.69) is 12.0 Å². The van der Waals surface area contributed by atoms with Crippen molar-refractivity contribution in [3.05, 3.63) is 76.9 Å². The lowest BCUT2D eigenvalue weighted by Crippen LogP contribution is -2.11. The number of ether oxygens (including phenoxy) is 1. The first kappa shape index (κ1) is 16.3. The largest absolute Gasteiger partial charge is 0.404 e. The Hall–Kier alpha value is -2.59. The highest BCUT2D eigenvalue weighted by atomic mass is 35.5. The van der Waals surface area contributed by atoms with E-state index in [4.69, 9.17) is 16.3 Å². The molecule has 0 spiro atoms. The summed E-state index contributed by atoms with van der Waals surface area (Å²) in [5.74, 6) is -0.0311. The highest BCUT2D eigenvalue weighted by molar-refractivity contribution is 6.30. The van der Waals surface area contributed by atoms with E-state index in [0.717, 1.165) is 24.2 Å². The Morgan fingerprint density at radius 2 is 1.92 bits per heavy atom. The summed E-state index contributed by atoms with van der Waals surface area (Å²) in [5, 5.41) is 5.14. The number of nitrogens with zero attached hydrogens (tertiary/aromatic N) is 2. The summed E-state index contributed by atoms with van der Waals surface area (Å²) in [6.45, 7) is 2.08. The molecule has 0 aliphatic rings. The van der Waals surface area contributed by atoms with E-state index in [1.807, 2.05) is 18.2 Å². The molecule has 0 atom stereocenters. The van der Waals surface area contributed by atoms with Crippen LogP contribution in [0.15, 0.2) is 60.7 Å². The number of esters is 1. The van der Waals surface area contributed by atoms with E-state index in [1.165, 1.54) is 0 Å². The van der Waals surface area contributed by atoms with Crippen LogP contribution in [0.3, 0.4) is 0 Å². The molecule has 0 fully saturated rings. The zero-order valence-electron chi connectivity index (χ0n) is 13.3. The Kier molecular flexibility index (Phi) is 4.96. The van der Waals surface area contributed by atoms with Crippen molar-refractivity contribution in [3.8, 4) is 11.6 Å². The van der Waals surface area contributed by atoms with E-state index in [-0.39, 0.29) is 0 Å². The van der Waals surface area contributed by atoms with Gasteiger partial charge in [0.25, 0.3) is 0 Å². The predicted octanol–water partition coefficient (Wildman–Crippen LogP) is 4.70. The molecule has 2 aromatic carbocycles. The van der Waals surface area contributed by atoms with Crippen LogP contribution in [0.1, 0.15) is 29.4 Å². The monoisotopic (exact) mass is 340 g/mol. The highest BCUT2D eigenvalue weighted by Gasteiger charge is 2.15. The molecular formula is C19H17ClN2O2. The number of hydrogen-bond acceptors (Lipinski definition) is 3. The van der Waals surface area contributed by atoms with Gasteiger partial charge >= 0.3 is 5.97 Å². The summed E-state index contributed by atoms with van der Waals surface area (Å²) in [4.78, 5) is 12.3. The van der Waals surface area contributed by atoms with Crippen molar-refractivity contribution in [2.45, 2.75) is 19.8 Å². The zero-order chi connectivity index (χ0) is 16.9. The van der Waals surface area contributed by atoms with Crippen LogP contribution >= 0.6 is 11.6 Å². The summed E-state index contributed by atoms with van der Waals surface area (Å²) in [7, 11) is 0. The van der Waals surface area contributed by atoms with Gasteiger partial charge in [0, 0.05) is 11.1 Å². The van der Waals surface area contributed by atoms with Crippen molar-refractivity contribution >= 4 is 17.6 Å². The Morgan fingerprint density at radius 1 is 1.12 bits per heavy atom. The van der Waals surface area contributed by atoms with Gasteiger partial charge in [0.05, 0.1) is 16.9 Å². The second-order valence-electron chi connectivity index (χ2n) is 5.37. The molecule has 0 amide bonds. The van der Waals surface area contributed by atoms with Gasteiger partial charge in [-0.25, -0.2) is 9.48 Å². The molecule has 1 aromatic heterocycles. The van der Waals surface area contributed by atoms with Crippen LogP contribution in [0.4, 0.5) is 0 Å². The van der Waals surface area contributed by atoms with E-state index in [0.29, 0.717) is 16.5 Å². The maximum Gasteiger partial charge on any atom is 0.344 e. The van der Waals surface area contributed by atoms with Gasteiger partial charge < -0.3 is 4.74 Å². The normalized spacial score (nSPS) is 10.6. The van der Waals surface area contributed by atoms with Gasteiger partial charge in [0.1, 0.15) is 0 Å². The second-order valence-corrected chi connectivity index (χ2v) is 5.81. The number of aromatic nitrogens is 2. The molecule has 3 aromatic rings. The van der Waals surface area contributed by atoms with E-state index < -0.39 is 5.97 Å². The first-order valence-corrected chi connectivity index (χ1v) is 8.17. The van der Waals surface area contributed by atoms with Crippen LogP contribution in [-0.2, 0) is 6.42 Å². The highest BCUT2D eigenvalue weighted by Crippen LogP contribution is 2.23. The van der Waals surface area contributed by atoms with Gasteiger partial charge in [0.15, 0.2) is 0 Å². The topological polar surface area (TPSA) is 44.1 Å². The number of carbonyl (C=O) groups is 1. The van der Waals surface area contributed by atoms with Gasteiger partial charge in [-0.2, -0.15) is 5.10 Å². The first-order valence-electron chi connectivity index (χ1n) is 7.79. The third-order valence-electron chi connectivity index (χ3n) is 3.49. The van der Waals surface area contributed by atoms with Crippen molar-refractivity contribution in [3.63, 3.8) is 0 Å². The first-order chi connectivity index (χ1) is 11.7. The minimum atomic E-state index is -0.415. The molecule has 0 saturated carbocycles. The lowest BCUT2D eigenvalue weighted by molar-refractivity contribution is 0.0723. The molecule has 0 saturated heterocycles. The molecule has 0 N–H and O–H groups in total. The summed E-state index contributed by atoms with van der Waals surface area (Å²) in [5.41, 5.74) is 2.11. The van der Waals surface area contributed by atoms with Crippen LogP contribution in [0.5, 0.6) is 5.88 Å². The lowest BCUT2D eigenvalue weighted by atomic mass is 10.2. The van der Waals surface area contributed by atoms with Crippen LogP contribution < -0.4 is 4.74 Å². The quantitative estimate of drug-likeness (QED) is 0.632. The fraction of sp³-hybridized carbons (Fsp3) is 0.158. The van der Waals surface area contributed by atoms with Gasteiger partial charge in [-0.15, -0.1) is 0 Å². The second kappa shape index (κ2) is 7.32. The number of rotatable bonds is 5. The van der Waals surface area contributed by atoms with E-state index in [1.54, 1.807) is 47.1 Å². The minimum absolute atomic E-state index is 0.384. The molecule has 1 heterocycles. The third-order valence-corrected chi connectivity index (χ3v) is 3.73. The summed E-state index contributed by atoms with van der Waals surface area (Å²) in [6, 6.07) is 18.0. The van der Waals surface area contributed by atoms with Crippen LogP contribution in [0, 0.1) is 0 Å². The average Bonchev–Trinajstić information content (AvgIpc) is 2.98. The Labute approximate surface area is 145 Å². The standard InChI is InChI=1S/C19H17ClN2O2/c1-2-7-16-13-18(24-19(23)14-8-4-3-5-9-14)22(21-16)17-11-6-10-15(20)12-17/h3-6,8-13H,2,7H2,1H3. The number of carbonyl (C=O) groups excluding carboxylic acids is 1. The molecule has 5 heteroatoms. The van der Waals surface area contributed by atoms with Crippen molar-refractivity contribution in [2.75, 3.05) is 0 Å². The Balaban J connectivity index is 1.95. The number of hydrogen-bond donors (Lipinski definition) is 0. The van der Waals surface area contributed by atoms with E-state index in [9.17, 15) is 4.79 Å². The van der Waals surface area contributed by atoms with Crippen LogP contribution in [-0.4, -0.2) is 15.7 Å². The fourth-order valence-corrected chi connectivity index (χ4v) is 2.57. The average molecular weight is 341 g/mol. The minimum Gasteiger partial charge on any atom is -0.404 e. The maximum absolute atomic E-state index is 12.3. The molecule has 3 rings (SSSR count). The smallest absolute Gasteiger partial charge is 0.344 e. The van der Waals surface area contributed by atoms with Gasteiger partial charge in [-0.1, -0.05) is 49.2 Å². The van der Waals surface area contributed by atoms with Crippen molar-refractivity contribution in [1.82, 2.24) is 9.78 Å². The van der Waals surface area contributed by atoms with E-state index >= 15 is 0 Å². The van der Waals surface area contributed by atoms with Crippen molar-refractivity contribution in [1.29, 1.82) is 0 Å². The third kappa shape index (κ3) is 3.66. The predicted molar refractivity (Wildman–Crippen MR) is 94.0 cm³/mol. The molecule has 0 aliphatic carbocycles. The molecular weight excluding hydrogens is 324 g/mol. The summed E-state index contributed by atoms with van der Waals surface area (Å²) >= 11 is 6.07. The van der Waals surface area contributed by atoms with Gasteiger partial charge in [0.2, 0.25) is 5.88 Å². The molecule has 122 valence electrons.